The van der Waals surface area contributed by atoms with Gasteiger partial charge in [0.15, 0.2) is 15.1 Å². The molecule has 0 aliphatic rings. The van der Waals surface area contributed by atoms with E-state index in [0.717, 1.165) is 22.5 Å². The van der Waals surface area contributed by atoms with Gasteiger partial charge in [-0.3, -0.25) is 0 Å². The number of nitrogens with zero attached hydrogens (tertiary/aromatic N) is 5. The van der Waals surface area contributed by atoms with Crippen molar-refractivity contribution in [2.45, 2.75) is 17.5 Å². The summed E-state index contributed by atoms with van der Waals surface area (Å²) in [5.41, 5.74) is 3.42. The molecule has 3 aromatic heterocycles. The van der Waals surface area contributed by atoms with Gasteiger partial charge in [0.1, 0.15) is 10.8 Å². The van der Waals surface area contributed by atoms with Crippen LogP contribution in [0.4, 0.5) is 4.39 Å². The second kappa shape index (κ2) is 11.4. The van der Waals surface area contributed by atoms with Crippen LogP contribution in [0.5, 0.6) is 0 Å². The van der Waals surface area contributed by atoms with Crippen molar-refractivity contribution in [2.24, 2.45) is 5.14 Å². The van der Waals surface area contributed by atoms with E-state index in [-0.39, 0.29) is 28.4 Å². The molecule has 0 spiro atoms. The monoisotopic (exact) mass is 639 g/mol. The third-order valence-corrected chi connectivity index (χ3v) is 10.00. The first-order valence-electron chi connectivity index (χ1n) is 12.6. The Morgan fingerprint density at radius 2 is 1.74 bits per heavy atom. The predicted molar refractivity (Wildman–Crippen MR) is 157 cm³/mol. The summed E-state index contributed by atoms with van der Waals surface area (Å²) in [5, 5.41) is 15.9. The molecule has 0 amide bonds. The molecule has 3 heterocycles. The zero-order chi connectivity index (χ0) is 30.2. The molecular formula is C27H22FN7O5S3. The Hall–Kier alpha value is -4.35. The molecule has 0 aliphatic carbocycles. The first-order valence-corrected chi connectivity index (χ1v) is 16.7. The van der Waals surface area contributed by atoms with Crippen LogP contribution in [0.15, 0.2) is 89.6 Å². The lowest BCUT2D eigenvalue weighted by Crippen LogP contribution is -2.30. The van der Waals surface area contributed by atoms with E-state index in [4.69, 9.17) is 9.56 Å². The Balaban J connectivity index is 1.36. The fourth-order valence-electron chi connectivity index (χ4n) is 4.35. The van der Waals surface area contributed by atoms with Crippen molar-refractivity contribution < 1.29 is 25.6 Å². The van der Waals surface area contributed by atoms with Gasteiger partial charge in [0.25, 0.3) is 10.2 Å². The van der Waals surface area contributed by atoms with Crippen molar-refractivity contribution in [3.8, 4) is 16.8 Å². The van der Waals surface area contributed by atoms with E-state index in [1.807, 2.05) is 16.9 Å². The number of nitrogens with two attached hydrogens (primary N) is 1. The van der Waals surface area contributed by atoms with Crippen LogP contribution in [0.2, 0.25) is 0 Å². The molecule has 6 aromatic rings. The zero-order valence-corrected chi connectivity index (χ0v) is 24.5. The van der Waals surface area contributed by atoms with Gasteiger partial charge in [-0.25, -0.2) is 27.6 Å². The highest BCUT2D eigenvalue weighted by atomic mass is 32.2. The number of hydrogen-bond donors (Lipinski definition) is 2. The van der Waals surface area contributed by atoms with Crippen LogP contribution in [-0.4, -0.2) is 41.8 Å². The number of benzene rings is 3. The Labute approximate surface area is 249 Å². The quantitative estimate of drug-likeness (QED) is 0.226. The number of thiazole rings is 1. The van der Waals surface area contributed by atoms with Crippen LogP contribution in [0, 0.1) is 5.82 Å². The molecule has 3 N–H and O–H groups in total. The summed E-state index contributed by atoms with van der Waals surface area (Å²) < 4.78 is 73.6. The van der Waals surface area contributed by atoms with E-state index >= 15 is 0 Å². The van der Waals surface area contributed by atoms with Gasteiger partial charge in [-0.1, -0.05) is 36.4 Å². The Morgan fingerprint density at radius 1 is 0.977 bits per heavy atom. The Bertz CT molecular complexity index is 2130. The van der Waals surface area contributed by atoms with E-state index < -0.39 is 31.8 Å². The molecule has 1 atom stereocenters. The lowest BCUT2D eigenvalue weighted by Gasteiger charge is -2.12. The third kappa shape index (κ3) is 6.52. The standard InChI is InChI=1S/C27H22FN7O5S3/c28-20-7-9-21(10-8-20)35-15-19(13-30-35)18-6-11-22-23(12-18)41-27(32-22)25(42(36,37)16-17-4-2-1-3-5-17)26-34-33-24(40-26)14-31-43(29,38)39/h1-13,15,25,31H,14,16H2,(H2,29,38,39). The largest absolute Gasteiger partial charge is 0.422 e. The average molecular weight is 640 g/mol. The number of rotatable bonds is 10. The number of aromatic nitrogens is 5. The van der Waals surface area contributed by atoms with Crippen molar-refractivity contribution in [1.82, 2.24) is 29.7 Å². The van der Waals surface area contributed by atoms with Gasteiger partial charge in [0, 0.05) is 11.8 Å². The van der Waals surface area contributed by atoms with Crippen molar-refractivity contribution in [2.75, 3.05) is 0 Å². The van der Waals surface area contributed by atoms with Gasteiger partial charge in [0.2, 0.25) is 11.8 Å². The second-order valence-corrected chi connectivity index (χ2v) is 14.0. The number of halogens is 1. The van der Waals surface area contributed by atoms with Gasteiger partial charge in [-0.15, -0.1) is 21.5 Å². The summed E-state index contributed by atoms with van der Waals surface area (Å²) in [4.78, 5) is 4.61. The highest BCUT2D eigenvalue weighted by Crippen LogP contribution is 2.38. The van der Waals surface area contributed by atoms with Gasteiger partial charge in [-0.05, 0) is 47.5 Å². The van der Waals surface area contributed by atoms with Crippen molar-refractivity contribution >= 4 is 41.6 Å². The molecular weight excluding hydrogens is 618 g/mol. The van der Waals surface area contributed by atoms with Crippen molar-refractivity contribution in [3.05, 3.63) is 113 Å². The van der Waals surface area contributed by atoms with E-state index in [9.17, 15) is 21.2 Å². The van der Waals surface area contributed by atoms with E-state index in [1.165, 1.54) is 12.1 Å². The smallest absolute Gasteiger partial charge is 0.274 e. The van der Waals surface area contributed by atoms with Gasteiger partial charge >= 0.3 is 0 Å². The summed E-state index contributed by atoms with van der Waals surface area (Å²) in [6, 6.07) is 20.1. The average Bonchev–Trinajstić information content (AvgIpc) is 3.72. The molecule has 0 bridgehead atoms. The summed E-state index contributed by atoms with van der Waals surface area (Å²) in [7, 11) is -8.05. The second-order valence-electron chi connectivity index (χ2n) is 9.46. The molecule has 16 heteroatoms. The van der Waals surface area contributed by atoms with Crippen molar-refractivity contribution in [1.29, 1.82) is 0 Å². The van der Waals surface area contributed by atoms with Crippen molar-refractivity contribution in [3.63, 3.8) is 0 Å². The van der Waals surface area contributed by atoms with Crippen LogP contribution in [0.3, 0.4) is 0 Å². The molecule has 12 nitrogen and oxygen atoms in total. The first-order chi connectivity index (χ1) is 20.5. The maximum Gasteiger partial charge on any atom is 0.274 e. The minimum atomic E-state index is -4.04. The molecule has 0 radical (unpaired) electrons. The minimum Gasteiger partial charge on any atom is -0.422 e. The summed E-state index contributed by atoms with van der Waals surface area (Å²) in [5.74, 6) is -1.08. The lowest BCUT2D eigenvalue weighted by molar-refractivity contribution is 0.443. The summed E-state index contributed by atoms with van der Waals surface area (Å²) in [6.07, 6.45) is 3.48. The third-order valence-electron chi connectivity index (χ3n) is 6.34. The molecule has 0 saturated heterocycles. The molecule has 6 rings (SSSR count). The first kappa shape index (κ1) is 28.8. The molecule has 0 fully saturated rings. The Morgan fingerprint density at radius 3 is 2.49 bits per heavy atom. The van der Waals surface area contributed by atoms with Gasteiger partial charge in [0.05, 0.1) is 34.4 Å². The Kier molecular flexibility index (Phi) is 7.61. The topological polar surface area (TPSA) is 176 Å². The van der Waals surface area contributed by atoms with Crippen LogP contribution >= 0.6 is 11.3 Å². The zero-order valence-electron chi connectivity index (χ0n) is 22.0. The van der Waals surface area contributed by atoms with Gasteiger partial charge < -0.3 is 4.42 Å². The highest BCUT2D eigenvalue weighted by molar-refractivity contribution is 7.91. The van der Waals surface area contributed by atoms with E-state index in [0.29, 0.717) is 21.5 Å². The number of sulfone groups is 1. The van der Waals surface area contributed by atoms with Crippen LogP contribution in [0.1, 0.15) is 27.6 Å². The van der Waals surface area contributed by atoms with Crippen LogP contribution in [-0.2, 0) is 32.3 Å². The fourth-order valence-corrected chi connectivity index (χ4v) is 7.83. The highest BCUT2D eigenvalue weighted by Gasteiger charge is 2.37. The van der Waals surface area contributed by atoms with Gasteiger partial charge in [-0.2, -0.15) is 18.2 Å². The molecule has 3 aromatic carbocycles. The molecule has 0 aliphatic heterocycles. The maximum atomic E-state index is 13.8. The van der Waals surface area contributed by atoms with E-state index in [1.54, 1.807) is 65.6 Å². The molecule has 220 valence electrons. The number of fused-ring (bicyclic) bond motifs is 1. The predicted octanol–water partition coefficient (Wildman–Crippen LogP) is 3.67. The lowest BCUT2D eigenvalue weighted by atomic mass is 10.1. The molecule has 1 unspecified atom stereocenters. The van der Waals surface area contributed by atoms with E-state index in [2.05, 4.69) is 20.3 Å². The van der Waals surface area contributed by atoms with Crippen LogP contribution in [0.25, 0.3) is 27.0 Å². The summed E-state index contributed by atoms with van der Waals surface area (Å²) >= 11 is 1.16. The maximum absolute atomic E-state index is 13.8. The van der Waals surface area contributed by atoms with Crippen LogP contribution < -0.4 is 9.86 Å². The molecule has 43 heavy (non-hydrogen) atoms. The summed E-state index contributed by atoms with van der Waals surface area (Å²) in [6.45, 7) is -0.411. The minimum absolute atomic E-state index is 0.162. The fraction of sp³-hybridized carbons (Fsp3) is 0.111. The number of hydrogen-bond acceptors (Lipinski definition) is 10. The molecule has 0 saturated carbocycles. The normalized spacial score (nSPS) is 13.0. The number of nitrogens with one attached hydrogen (secondary N) is 1. The SMILES string of the molecule is NS(=O)(=O)NCc1nnc(C(c2nc3ccc(-c4cnn(-c5ccc(F)cc5)c4)cc3s2)S(=O)(=O)Cc2ccccc2)o1.